The summed E-state index contributed by atoms with van der Waals surface area (Å²) >= 11 is 0. The summed E-state index contributed by atoms with van der Waals surface area (Å²) in [5.41, 5.74) is 1.75. The zero-order valence-electron chi connectivity index (χ0n) is 10.9. The Bertz CT molecular complexity index is 448. The van der Waals surface area contributed by atoms with Crippen molar-refractivity contribution < 1.29 is 0 Å². The first-order chi connectivity index (χ1) is 8.04. The molecule has 0 amide bonds. The first-order valence-corrected chi connectivity index (χ1v) is 5.97. The number of hydrogen-bond acceptors (Lipinski definition) is 3. The predicted molar refractivity (Wildman–Crippen MR) is 70.3 cm³/mol. The van der Waals surface area contributed by atoms with E-state index in [-0.39, 0.29) is 5.56 Å². The minimum atomic E-state index is -0.00774. The van der Waals surface area contributed by atoms with Crippen molar-refractivity contribution in [2.24, 2.45) is 0 Å². The molecular weight excluding hydrogens is 214 g/mol. The van der Waals surface area contributed by atoms with Gasteiger partial charge in [0.05, 0.1) is 0 Å². The third kappa shape index (κ3) is 4.15. The fraction of sp³-hybridized carbons (Fsp3) is 0.538. The highest BCUT2D eigenvalue weighted by Gasteiger charge is 2.04. The van der Waals surface area contributed by atoms with Gasteiger partial charge in [0, 0.05) is 24.8 Å². The largest absolute Gasteiger partial charge is 0.313 e. The van der Waals surface area contributed by atoms with Crippen molar-refractivity contribution in [3.8, 4) is 0 Å². The Labute approximate surface area is 102 Å². The van der Waals surface area contributed by atoms with Crippen LogP contribution in [0.3, 0.4) is 0 Å². The molecule has 1 aromatic heterocycles. The molecule has 0 unspecified atom stereocenters. The van der Waals surface area contributed by atoms with Crippen LogP contribution in [0.1, 0.15) is 24.9 Å². The van der Waals surface area contributed by atoms with E-state index in [2.05, 4.69) is 23.8 Å². The molecule has 1 N–H and O–H groups in total. The molecule has 0 aromatic carbocycles. The fourth-order valence-corrected chi connectivity index (χ4v) is 1.68. The van der Waals surface area contributed by atoms with Crippen molar-refractivity contribution in [2.75, 3.05) is 13.1 Å². The standard InChI is InChI=1S/C13H21N3O/c1-5-6-14-8-10(2)9-16-12(4)15-11(3)7-13(16)17/h7,14H,2,5-6,8-9H2,1,3-4H3. The lowest BCUT2D eigenvalue weighted by atomic mass is 10.3. The monoisotopic (exact) mass is 235 g/mol. The van der Waals surface area contributed by atoms with Crippen molar-refractivity contribution in [3.05, 3.63) is 40.1 Å². The van der Waals surface area contributed by atoms with Crippen LogP contribution in [0.2, 0.25) is 0 Å². The van der Waals surface area contributed by atoms with Crippen LogP contribution in [0.25, 0.3) is 0 Å². The van der Waals surface area contributed by atoms with Crippen LogP contribution >= 0.6 is 0 Å². The molecule has 0 aliphatic carbocycles. The Hall–Kier alpha value is -1.42. The smallest absolute Gasteiger partial charge is 0.254 e. The van der Waals surface area contributed by atoms with E-state index in [4.69, 9.17) is 0 Å². The minimum Gasteiger partial charge on any atom is -0.313 e. The van der Waals surface area contributed by atoms with Crippen LogP contribution in [-0.4, -0.2) is 22.6 Å². The average molecular weight is 235 g/mol. The normalized spacial score (nSPS) is 10.5. The van der Waals surface area contributed by atoms with Gasteiger partial charge in [0.1, 0.15) is 5.82 Å². The van der Waals surface area contributed by atoms with Crippen LogP contribution in [0.5, 0.6) is 0 Å². The summed E-state index contributed by atoms with van der Waals surface area (Å²) in [6, 6.07) is 1.56. The summed E-state index contributed by atoms with van der Waals surface area (Å²) < 4.78 is 1.66. The van der Waals surface area contributed by atoms with E-state index in [1.54, 1.807) is 10.6 Å². The summed E-state index contributed by atoms with van der Waals surface area (Å²) in [6.45, 7) is 12.0. The van der Waals surface area contributed by atoms with Gasteiger partial charge in [-0.05, 0) is 32.4 Å². The van der Waals surface area contributed by atoms with Gasteiger partial charge in [0.25, 0.3) is 5.56 Å². The maximum atomic E-state index is 11.8. The predicted octanol–water partition coefficient (Wildman–Crippen LogP) is 1.42. The second-order valence-corrected chi connectivity index (χ2v) is 4.30. The molecule has 0 spiro atoms. The van der Waals surface area contributed by atoms with Gasteiger partial charge in [0.15, 0.2) is 0 Å². The van der Waals surface area contributed by atoms with Gasteiger partial charge in [-0.3, -0.25) is 9.36 Å². The molecule has 1 aromatic rings. The van der Waals surface area contributed by atoms with Crippen LogP contribution in [-0.2, 0) is 6.54 Å². The Morgan fingerprint density at radius 3 is 2.82 bits per heavy atom. The number of aromatic nitrogens is 2. The maximum Gasteiger partial charge on any atom is 0.254 e. The first kappa shape index (κ1) is 13.6. The van der Waals surface area contributed by atoms with Crippen LogP contribution < -0.4 is 10.9 Å². The molecule has 0 saturated carbocycles. The Balaban J connectivity index is 2.69. The second-order valence-electron chi connectivity index (χ2n) is 4.30. The molecule has 0 aliphatic rings. The zero-order valence-corrected chi connectivity index (χ0v) is 10.9. The third-order valence-corrected chi connectivity index (χ3v) is 2.51. The van der Waals surface area contributed by atoms with Gasteiger partial charge >= 0.3 is 0 Å². The summed E-state index contributed by atoms with van der Waals surface area (Å²) in [7, 11) is 0. The topological polar surface area (TPSA) is 46.9 Å². The van der Waals surface area contributed by atoms with Crippen LogP contribution in [0.4, 0.5) is 0 Å². The lowest BCUT2D eigenvalue weighted by Crippen LogP contribution is -2.27. The average Bonchev–Trinajstić information content (AvgIpc) is 2.24. The van der Waals surface area contributed by atoms with Gasteiger partial charge in [-0.2, -0.15) is 0 Å². The zero-order chi connectivity index (χ0) is 12.8. The van der Waals surface area contributed by atoms with E-state index in [0.29, 0.717) is 6.54 Å². The highest BCUT2D eigenvalue weighted by atomic mass is 16.1. The summed E-state index contributed by atoms with van der Waals surface area (Å²) in [6.07, 6.45) is 1.10. The summed E-state index contributed by atoms with van der Waals surface area (Å²) in [5.74, 6) is 0.742. The molecule has 1 rings (SSSR count). The molecule has 1 heterocycles. The van der Waals surface area contributed by atoms with Crippen molar-refractivity contribution >= 4 is 0 Å². The van der Waals surface area contributed by atoms with Crippen molar-refractivity contribution in [1.82, 2.24) is 14.9 Å². The van der Waals surface area contributed by atoms with Gasteiger partial charge in [0.2, 0.25) is 0 Å². The minimum absolute atomic E-state index is 0.00774. The second kappa shape index (κ2) is 6.35. The number of hydrogen-bond donors (Lipinski definition) is 1. The number of nitrogens with zero attached hydrogens (tertiary/aromatic N) is 2. The Kier molecular flexibility index (Phi) is 5.10. The third-order valence-electron chi connectivity index (χ3n) is 2.51. The molecule has 94 valence electrons. The Morgan fingerprint density at radius 1 is 1.53 bits per heavy atom. The molecule has 0 saturated heterocycles. The van der Waals surface area contributed by atoms with E-state index in [0.717, 1.165) is 36.6 Å². The van der Waals surface area contributed by atoms with E-state index in [1.165, 1.54) is 0 Å². The van der Waals surface area contributed by atoms with Crippen molar-refractivity contribution in [2.45, 2.75) is 33.7 Å². The lowest BCUT2D eigenvalue weighted by Gasteiger charge is -2.12. The molecule has 0 aliphatic heterocycles. The molecule has 17 heavy (non-hydrogen) atoms. The van der Waals surface area contributed by atoms with E-state index < -0.39 is 0 Å². The fourth-order valence-electron chi connectivity index (χ4n) is 1.68. The molecule has 0 fully saturated rings. The van der Waals surface area contributed by atoms with Gasteiger partial charge in [-0.15, -0.1) is 0 Å². The molecule has 0 atom stereocenters. The molecular formula is C13H21N3O. The Morgan fingerprint density at radius 2 is 2.24 bits per heavy atom. The highest BCUT2D eigenvalue weighted by Crippen LogP contribution is 1.98. The molecule has 0 bridgehead atoms. The van der Waals surface area contributed by atoms with Crippen molar-refractivity contribution in [3.63, 3.8) is 0 Å². The summed E-state index contributed by atoms with van der Waals surface area (Å²) in [4.78, 5) is 16.1. The first-order valence-electron chi connectivity index (χ1n) is 5.97. The number of aryl methyl sites for hydroxylation is 2. The molecule has 4 heteroatoms. The molecule has 0 radical (unpaired) electrons. The number of nitrogens with one attached hydrogen (secondary N) is 1. The van der Waals surface area contributed by atoms with Gasteiger partial charge < -0.3 is 5.32 Å². The van der Waals surface area contributed by atoms with E-state index in [1.807, 2.05) is 13.8 Å². The molecule has 4 nitrogen and oxygen atoms in total. The van der Waals surface area contributed by atoms with Crippen LogP contribution in [0, 0.1) is 13.8 Å². The van der Waals surface area contributed by atoms with Crippen molar-refractivity contribution in [1.29, 1.82) is 0 Å². The SMILES string of the molecule is C=C(CNCCC)Cn1c(C)nc(C)cc1=O. The summed E-state index contributed by atoms with van der Waals surface area (Å²) in [5, 5.41) is 3.27. The quantitative estimate of drug-likeness (QED) is 0.599. The lowest BCUT2D eigenvalue weighted by molar-refractivity contribution is 0.640. The van der Waals surface area contributed by atoms with Crippen LogP contribution in [0.15, 0.2) is 23.0 Å². The highest BCUT2D eigenvalue weighted by molar-refractivity contribution is 5.05. The van der Waals surface area contributed by atoms with Gasteiger partial charge in [-0.25, -0.2) is 4.98 Å². The van der Waals surface area contributed by atoms with E-state index >= 15 is 0 Å². The van der Waals surface area contributed by atoms with E-state index in [9.17, 15) is 4.79 Å². The van der Waals surface area contributed by atoms with Gasteiger partial charge in [-0.1, -0.05) is 13.5 Å². The maximum absolute atomic E-state index is 11.8. The number of rotatable bonds is 6.